The van der Waals surface area contributed by atoms with Crippen LogP contribution in [0.1, 0.15) is 51.2 Å². The molecule has 1 saturated carbocycles. The molecule has 2 nitrogen and oxygen atoms in total. The van der Waals surface area contributed by atoms with E-state index >= 15 is 0 Å². The monoisotopic (exact) mass is 265 g/mol. The van der Waals surface area contributed by atoms with E-state index in [2.05, 4.69) is 18.9 Å². The van der Waals surface area contributed by atoms with Gasteiger partial charge in [0, 0.05) is 24.3 Å². The third-order valence-electron chi connectivity index (χ3n) is 4.28. The van der Waals surface area contributed by atoms with Crippen LogP contribution in [-0.2, 0) is 0 Å². The van der Waals surface area contributed by atoms with Gasteiger partial charge in [-0.1, -0.05) is 19.8 Å². The highest BCUT2D eigenvalue weighted by Gasteiger charge is 2.24. The molecule has 3 atom stereocenters. The predicted octanol–water partition coefficient (Wildman–Crippen LogP) is 3.89. The summed E-state index contributed by atoms with van der Waals surface area (Å²) in [6.07, 6.45) is 4.26. The fourth-order valence-electron chi connectivity index (χ4n) is 3.13. The van der Waals surface area contributed by atoms with Crippen molar-refractivity contribution in [2.75, 3.05) is 11.9 Å². The number of aliphatic hydroxyl groups excluding tert-OH is 1. The van der Waals surface area contributed by atoms with Crippen LogP contribution in [0.2, 0.25) is 0 Å². The lowest BCUT2D eigenvalue weighted by Gasteiger charge is -2.37. The molecule has 1 aromatic rings. The molecule has 0 bridgehead atoms. The van der Waals surface area contributed by atoms with Crippen LogP contribution in [0.3, 0.4) is 0 Å². The van der Waals surface area contributed by atoms with Gasteiger partial charge in [0.05, 0.1) is 6.10 Å². The van der Waals surface area contributed by atoms with E-state index in [1.165, 1.54) is 37.8 Å². The topological polar surface area (TPSA) is 23.5 Å². The Morgan fingerprint density at radius 3 is 2.74 bits per heavy atom. The third kappa shape index (κ3) is 3.27. The normalized spacial score (nSPS) is 25.1. The number of anilines is 1. The van der Waals surface area contributed by atoms with Gasteiger partial charge in [-0.2, -0.15) is 0 Å². The molecule has 1 N–H and O–H groups in total. The Kier molecular flexibility index (Phi) is 4.46. The van der Waals surface area contributed by atoms with Crippen LogP contribution < -0.4 is 4.90 Å². The maximum absolute atomic E-state index is 13.3. The van der Waals surface area contributed by atoms with E-state index < -0.39 is 6.10 Å². The van der Waals surface area contributed by atoms with Gasteiger partial charge in [0.2, 0.25) is 0 Å². The summed E-state index contributed by atoms with van der Waals surface area (Å²) in [6, 6.07) is 5.20. The first kappa shape index (κ1) is 14.3. The Bertz CT molecular complexity index is 433. The Labute approximate surface area is 115 Å². The number of halogens is 1. The molecule has 106 valence electrons. The SMILES string of the molecule is CC1CCCC(N(C)c2ccc(F)cc2[C@@H](C)O)C1. The van der Waals surface area contributed by atoms with E-state index in [0.717, 1.165) is 11.6 Å². The molecule has 0 radical (unpaired) electrons. The van der Waals surface area contributed by atoms with Crippen molar-refractivity contribution < 1.29 is 9.50 Å². The quantitative estimate of drug-likeness (QED) is 0.896. The molecular weight excluding hydrogens is 241 g/mol. The molecule has 0 aliphatic heterocycles. The lowest BCUT2D eigenvalue weighted by molar-refractivity contribution is 0.199. The van der Waals surface area contributed by atoms with E-state index in [9.17, 15) is 9.50 Å². The summed E-state index contributed by atoms with van der Waals surface area (Å²) >= 11 is 0. The standard InChI is InChI=1S/C16H24FNO/c1-11-5-4-6-14(9-11)18(3)16-8-7-13(17)10-15(16)12(2)19/h7-8,10-12,14,19H,4-6,9H2,1-3H3/t11?,12-,14?/m1/s1. The van der Waals surface area contributed by atoms with E-state index in [-0.39, 0.29) is 5.82 Å². The number of hydrogen-bond donors (Lipinski definition) is 1. The summed E-state index contributed by atoms with van der Waals surface area (Å²) in [7, 11) is 2.06. The second kappa shape index (κ2) is 5.91. The number of benzene rings is 1. The minimum Gasteiger partial charge on any atom is -0.389 e. The van der Waals surface area contributed by atoms with Crippen molar-refractivity contribution in [1.29, 1.82) is 0 Å². The van der Waals surface area contributed by atoms with Crippen molar-refractivity contribution in [3.8, 4) is 0 Å². The van der Waals surface area contributed by atoms with Crippen molar-refractivity contribution in [3.63, 3.8) is 0 Å². The Morgan fingerprint density at radius 2 is 2.11 bits per heavy atom. The van der Waals surface area contributed by atoms with E-state index in [4.69, 9.17) is 0 Å². The summed E-state index contributed by atoms with van der Waals surface area (Å²) in [5.74, 6) is 0.460. The summed E-state index contributed by atoms with van der Waals surface area (Å²) in [4.78, 5) is 2.22. The molecule has 3 heteroatoms. The zero-order chi connectivity index (χ0) is 14.0. The summed E-state index contributed by atoms with van der Waals surface area (Å²) in [6.45, 7) is 3.98. The first-order valence-corrected chi connectivity index (χ1v) is 7.19. The first-order chi connectivity index (χ1) is 8.99. The molecule has 1 fully saturated rings. The van der Waals surface area contributed by atoms with Crippen LogP contribution in [0.4, 0.5) is 10.1 Å². The van der Waals surface area contributed by atoms with Crippen LogP contribution in [0.25, 0.3) is 0 Å². The summed E-state index contributed by atoms with van der Waals surface area (Å²) in [5, 5.41) is 9.83. The average molecular weight is 265 g/mol. The van der Waals surface area contributed by atoms with Gasteiger partial charge in [0.15, 0.2) is 0 Å². The highest BCUT2D eigenvalue weighted by molar-refractivity contribution is 5.55. The molecular formula is C16H24FNO. The fraction of sp³-hybridized carbons (Fsp3) is 0.625. The van der Waals surface area contributed by atoms with Gasteiger partial charge in [-0.3, -0.25) is 0 Å². The largest absolute Gasteiger partial charge is 0.389 e. The number of rotatable bonds is 3. The van der Waals surface area contributed by atoms with Gasteiger partial charge in [0.25, 0.3) is 0 Å². The molecule has 0 amide bonds. The maximum atomic E-state index is 13.3. The van der Waals surface area contributed by atoms with Gasteiger partial charge in [0.1, 0.15) is 5.82 Å². The summed E-state index contributed by atoms with van der Waals surface area (Å²) in [5.41, 5.74) is 1.64. The second-order valence-electron chi connectivity index (χ2n) is 5.92. The molecule has 19 heavy (non-hydrogen) atoms. The predicted molar refractivity (Wildman–Crippen MR) is 76.9 cm³/mol. The highest BCUT2D eigenvalue weighted by atomic mass is 19.1. The average Bonchev–Trinajstić information content (AvgIpc) is 2.37. The van der Waals surface area contributed by atoms with Crippen LogP contribution in [0, 0.1) is 11.7 Å². The van der Waals surface area contributed by atoms with E-state index in [1.807, 2.05) is 0 Å². The Hall–Kier alpha value is -1.09. The molecule has 1 aromatic carbocycles. The molecule has 1 aliphatic carbocycles. The Morgan fingerprint density at radius 1 is 1.37 bits per heavy atom. The molecule has 2 unspecified atom stereocenters. The second-order valence-corrected chi connectivity index (χ2v) is 5.92. The number of hydrogen-bond acceptors (Lipinski definition) is 2. The number of nitrogens with zero attached hydrogens (tertiary/aromatic N) is 1. The van der Waals surface area contributed by atoms with E-state index in [1.54, 1.807) is 13.0 Å². The van der Waals surface area contributed by atoms with Gasteiger partial charge in [-0.25, -0.2) is 4.39 Å². The van der Waals surface area contributed by atoms with Crippen molar-refractivity contribution >= 4 is 5.69 Å². The molecule has 0 heterocycles. The van der Waals surface area contributed by atoms with Crippen LogP contribution in [0.15, 0.2) is 18.2 Å². The highest BCUT2D eigenvalue weighted by Crippen LogP contribution is 2.33. The molecule has 0 spiro atoms. The first-order valence-electron chi connectivity index (χ1n) is 7.19. The lowest BCUT2D eigenvalue weighted by Crippen LogP contribution is -2.36. The molecule has 1 aliphatic rings. The molecule has 0 aromatic heterocycles. The van der Waals surface area contributed by atoms with Gasteiger partial charge in [-0.15, -0.1) is 0 Å². The minimum atomic E-state index is -0.644. The van der Waals surface area contributed by atoms with Crippen molar-refractivity contribution in [2.45, 2.75) is 51.7 Å². The summed E-state index contributed by atoms with van der Waals surface area (Å²) < 4.78 is 13.3. The smallest absolute Gasteiger partial charge is 0.123 e. The Balaban J connectivity index is 2.25. The van der Waals surface area contributed by atoms with Crippen molar-refractivity contribution in [2.24, 2.45) is 5.92 Å². The molecule has 0 saturated heterocycles. The van der Waals surface area contributed by atoms with Crippen LogP contribution >= 0.6 is 0 Å². The maximum Gasteiger partial charge on any atom is 0.123 e. The van der Waals surface area contributed by atoms with Crippen molar-refractivity contribution in [1.82, 2.24) is 0 Å². The fourth-order valence-corrected chi connectivity index (χ4v) is 3.13. The van der Waals surface area contributed by atoms with Crippen molar-refractivity contribution in [3.05, 3.63) is 29.6 Å². The zero-order valence-corrected chi connectivity index (χ0v) is 12.1. The lowest BCUT2D eigenvalue weighted by atomic mass is 9.86. The van der Waals surface area contributed by atoms with Gasteiger partial charge in [-0.05, 0) is 43.9 Å². The van der Waals surface area contributed by atoms with Gasteiger partial charge >= 0.3 is 0 Å². The van der Waals surface area contributed by atoms with Crippen LogP contribution in [0.5, 0.6) is 0 Å². The number of aliphatic hydroxyl groups is 1. The zero-order valence-electron chi connectivity index (χ0n) is 12.1. The van der Waals surface area contributed by atoms with Crippen LogP contribution in [-0.4, -0.2) is 18.2 Å². The molecule has 2 rings (SSSR count). The van der Waals surface area contributed by atoms with E-state index in [0.29, 0.717) is 11.6 Å². The third-order valence-corrected chi connectivity index (χ3v) is 4.28. The minimum absolute atomic E-state index is 0.287. The van der Waals surface area contributed by atoms with Gasteiger partial charge < -0.3 is 10.0 Å².